The number of rotatable bonds is 13. The number of aliphatic hydroxyl groups excluding tert-OH is 1. The van der Waals surface area contributed by atoms with Crippen molar-refractivity contribution in [1.29, 1.82) is 0 Å². The van der Waals surface area contributed by atoms with Crippen LogP contribution in [-0.2, 0) is 9.47 Å². The Labute approximate surface area is 130 Å². The monoisotopic (exact) mass is 302 g/mol. The summed E-state index contributed by atoms with van der Waals surface area (Å²) < 4.78 is 10.8. The van der Waals surface area contributed by atoms with E-state index in [0.717, 1.165) is 32.5 Å². The van der Waals surface area contributed by atoms with E-state index in [1.165, 1.54) is 32.4 Å². The molecular weight excluding hydrogens is 268 g/mol. The van der Waals surface area contributed by atoms with Crippen LogP contribution >= 0.6 is 0 Å². The summed E-state index contributed by atoms with van der Waals surface area (Å²) >= 11 is 0. The van der Waals surface area contributed by atoms with Crippen LogP contribution in [0.5, 0.6) is 0 Å². The van der Waals surface area contributed by atoms with E-state index < -0.39 is 6.10 Å². The zero-order valence-electron chi connectivity index (χ0n) is 13.7. The van der Waals surface area contributed by atoms with Crippen molar-refractivity contribution in [3.8, 4) is 0 Å². The van der Waals surface area contributed by atoms with Gasteiger partial charge in [-0.05, 0) is 32.4 Å². The fourth-order valence-corrected chi connectivity index (χ4v) is 2.43. The molecule has 5 nitrogen and oxygen atoms in total. The summed E-state index contributed by atoms with van der Waals surface area (Å²) in [5, 5.41) is 13.1. The van der Waals surface area contributed by atoms with Crippen LogP contribution in [0.15, 0.2) is 0 Å². The molecule has 1 atom stereocenters. The highest BCUT2D eigenvalue weighted by atomic mass is 16.5. The van der Waals surface area contributed by atoms with Gasteiger partial charge in [-0.25, -0.2) is 0 Å². The molecule has 1 heterocycles. The normalized spacial score (nSPS) is 18.0. The van der Waals surface area contributed by atoms with Gasteiger partial charge in [-0.3, -0.25) is 0 Å². The minimum atomic E-state index is -0.429. The SMILES string of the molecule is CCCCOCCOCC(O)CNCCN1CCCCC1. The second kappa shape index (κ2) is 13.5. The quantitative estimate of drug-likeness (QED) is 0.502. The summed E-state index contributed by atoms with van der Waals surface area (Å²) in [4.78, 5) is 2.49. The second-order valence-corrected chi connectivity index (χ2v) is 5.80. The molecule has 21 heavy (non-hydrogen) atoms. The van der Waals surface area contributed by atoms with E-state index in [4.69, 9.17) is 9.47 Å². The molecule has 0 radical (unpaired) electrons. The largest absolute Gasteiger partial charge is 0.389 e. The topological polar surface area (TPSA) is 54.0 Å². The lowest BCUT2D eigenvalue weighted by Gasteiger charge is -2.26. The molecule has 1 unspecified atom stereocenters. The number of hydrogen-bond acceptors (Lipinski definition) is 5. The van der Waals surface area contributed by atoms with Gasteiger partial charge in [-0.15, -0.1) is 0 Å². The van der Waals surface area contributed by atoms with E-state index in [1.54, 1.807) is 0 Å². The van der Waals surface area contributed by atoms with Crippen LogP contribution in [0.2, 0.25) is 0 Å². The van der Waals surface area contributed by atoms with Crippen molar-refractivity contribution < 1.29 is 14.6 Å². The first kappa shape index (κ1) is 18.8. The molecule has 1 fully saturated rings. The fraction of sp³-hybridized carbons (Fsp3) is 1.00. The molecule has 1 saturated heterocycles. The van der Waals surface area contributed by atoms with Crippen LogP contribution in [0.1, 0.15) is 39.0 Å². The summed E-state index contributed by atoms with van der Waals surface area (Å²) in [7, 11) is 0. The zero-order chi connectivity index (χ0) is 15.2. The minimum absolute atomic E-state index is 0.383. The van der Waals surface area contributed by atoms with Crippen LogP contribution in [-0.4, -0.2) is 75.3 Å². The first-order chi connectivity index (χ1) is 10.3. The maximum atomic E-state index is 9.78. The number of ether oxygens (including phenoxy) is 2. The highest BCUT2D eigenvalue weighted by Crippen LogP contribution is 2.07. The highest BCUT2D eigenvalue weighted by molar-refractivity contribution is 4.66. The molecule has 5 heteroatoms. The van der Waals surface area contributed by atoms with E-state index in [-0.39, 0.29) is 0 Å². The third kappa shape index (κ3) is 11.1. The van der Waals surface area contributed by atoms with E-state index in [2.05, 4.69) is 17.1 Å². The smallest absolute Gasteiger partial charge is 0.0897 e. The molecule has 1 aliphatic heterocycles. The van der Waals surface area contributed by atoms with E-state index in [1.807, 2.05) is 0 Å². The number of hydrogen-bond donors (Lipinski definition) is 2. The lowest BCUT2D eigenvalue weighted by molar-refractivity contribution is 0.00383. The molecule has 0 aromatic heterocycles. The summed E-state index contributed by atoms with van der Waals surface area (Å²) in [6, 6.07) is 0. The van der Waals surface area contributed by atoms with Crippen molar-refractivity contribution in [3.05, 3.63) is 0 Å². The molecule has 0 aromatic carbocycles. The Morgan fingerprint density at radius 3 is 2.62 bits per heavy atom. The summed E-state index contributed by atoms with van der Waals surface area (Å²) in [6.07, 6.45) is 5.86. The maximum Gasteiger partial charge on any atom is 0.0897 e. The summed E-state index contributed by atoms with van der Waals surface area (Å²) in [6.45, 7) is 9.60. The third-order valence-electron chi connectivity index (χ3n) is 3.76. The van der Waals surface area contributed by atoms with Gasteiger partial charge in [0.1, 0.15) is 0 Å². The molecule has 1 aliphatic rings. The lowest BCUT2D eigenvalue weighted by Crippen LogP contribution is -2.38. The molecule has 0 saturated carbocycles. The Morgan fingerprint density at radius 2 is 1.86 bits per heavy atom. The molecule has 0 amide bonds. The van der Waals surface area contributed by atoms with Gasteiger partial charge in [0.05, 0.1) is 25.9 Å². The average Bonchev–Trinajstić information content (AvgIpc) is 2.52. The first-order valence-electron chi connectivity index (χ1n) is 8.59. The number of piperidine rings is 1. The van der Waals surface area contributed by atoms with Crippen LogP contribution in [0.3, 0.4) is 0 Å². The van der Waals surface area contributed by atoms with Gasteiger partial charge in [0, 0.05) is 26.2 Å². The number of likely N-dealkylation sites (tertiary alicyclic amines) is 1. The van der Waals surface area contributed by atoms with Crippen LogP contribution in [0, 0.1) is 0 Å². The van der Waals surface area contributed by atoms with Crippen molar-refractivity contribution in [2.75, 3.05) is 59.2 Å². The number of unbranched alkanes of at least 4 members (excludes halogenated alkanes) is 1. The molecule has 0 spiro atoms. The van der Waals surface area contributed by atoms with Gasteiger partial charge in [-0.2, -0.15) is 0 Å². The predicted octanol–water partition coefficient (Wildman–Crippen LogP) is 1.26. The van der Waals surface area contributed by atoms with Crippen molar-refractivity contribution in [1.82, 2.24) is 10.2 Å². The Morgan fingerprint density at radius 1 is 1.10 bits per heavy atom. The number of nitrogens with zero attached hydrogens (tertiary/aromatic N) is 1. The van der Waals surface area contributed by atoms with E-state index in [0.29, 0.717) is 26.4 Å². The van der Waals surface area contributed by atoms with Gasteiger partial charge < -0.3 is 24.8 Å². The van der Waals surface area contributed by atoms with E-state index >= 15 is 0 Å². The molecule has 1 rings (SSSR count). The van der Waals surface area contributed by atoms with Gasteiger partial charge in [0.2, 0.25) is 0 Å². The van der Waals surface area contributed by atoms with Gasteiger partial charge in [-0.1, -0.05) is 19.8 Å². The standard InChI is InChI=1S/C16H34N2O3/c1-2-3-11-20-12-13-21-15-16(19)14-17-7-10-18-8-5-4-6-9-18/h16-17,19H,2-15H2,1H3. The predicted molar refractivity (Wildman–Crippen MR) is 85.7 cm³/mol. The lowest BCUT2D eigenvalue weighted by atomic mass is 10.1. The summed E-state index contributed by atoms with van der Waals surface area (Å²) in [5.41, 5.74) is 0. The molecule has 126 valence electrons. The van der Waals surface area contributed by atoms with Crippen LogP contribution in [0.25, 0.3) is 0 Å². The maximum absolute atomic E-state index is 9.78. The van der Waals surface area contributed by atoms with Gasteiger partial charge in [0.25, 0.3) is 0 Å². The van der Waals surface area contributed by atoms with Gasteiger partial charge >= 0.3 is 0 Å². The zero-order valence-corrected chi connectivity index (χ0v) is 13.7. The Balaban J connectivity index is 1.81. The van der Waals surface area contributed by atoms with Crippen molar-refractivity contribution >= 4 is 0 Å². The molecule has 0 bridgehead atoms. The summed E-state index contributed by atoms with van der Waals surface area (Å²) in [5.74, 6) is 0. The fourth-order valence-electron chi connectivity index (χ4n) is 2.43. The van der Waals surface area contributed by atoms with Crippen molar-refractivity contribution in [3.63, 3.8) is 0 Å². The average molecular weight is 302 g/mol. The molecule has 0 aliphatic carbocycles. The molecule has 0 aromatic rings. The second-order valence-electron chi connectivity index (χ2n) is 5.80. The van der Waals surface area contributed by atoms with Gasteiger partial charge in [0.15, 0.2) is 0 Å². The van der Waals surface area contributed by atoms with Crippen molar-refractivity contribution in [2.24, 2.45) is 0 Å². The highest BCUT2D eigenvalue weighted by Gasteiger charge is 2.09. The van der Waals surface area contributed by atoms with Crippen LogP contribution in [0.4, 0.5) is 0 Å². The number of nitrogens with one attached hydrogen (secondary N) is 1. The van der Waals surface area contributed by atoms with Crippen molar-refractivity contribution in [2.45, 2.75) is 45.1 Å². The Bertz CT molecular complexity index is 224. The molecule has 2 N–H and O–H groups in total. The third-order valence-corrected chi connectivity index (χ3v) is 3.76. The first-order valence-corrected chi connectivity index (χ1v) is 8.59. The number of aliphatic hydroxyl groups is 1. The Kier molecular flexibility index (Phi) is 12.1. The Hall–Kier alpha value is -0.200. The minimum Gasteiger partial charge on any atom is -0.389 e. The molecular formula is C16H34N2O3. The van der Waals surface area contributed by atoms with Crippen LogP contribution < -0.4 is 5.32 Å². The van der Waals surface area contributed by atoms with E-state index in [9.17, 15) is 5.11 Å².